The molecule has 9 heteroatoms. The highest BCUT2D eigenvalue weighted by molar-refractivity contribution is 6.75. The van der Waals surface area contributed by atoms with Crippen LogP contribution in [-0.2, 0) is 18.0 Å². The molecule has 1 amide bonds. The van der Waals surface area contributed by atoms with E-state index >= 15 is 0 Å². The zero-order chi connectivity index (χ0) is 39.2. The van der Waals surface area contributed by atoms with Crippen LogP contribution in [-0.4, -0.2) is 61.5 Å². The fourth-order valence-electron chi connectivity index (χ4n) is 5.16. The minimum absolute atomic E-state index is 0.0144. The summed E-state index contributed by atoms with van der Waals surface area (Å²) in [5, 5.41) is 3.35. The fourth-order valence-corrected chi connectivity index (χ4v) is 8.90. The summed E-state index contributed by atoms with van der Waals surface area (Å²) in [6, 6.07) is -0.416. The van der Waals surface area contributed by atoms with Crippen LogP contribution >= 0.6 is 0 Å². The normalized spacial score (nSPS) is 15.9. The van der Waals surface area contributed by atoms with Gasteiger partial charge in [-0.2, -0.15) is 0 Å². The molecule has 6 nitrogen and oxygen atoms in total. The molecule has 0 saturated heterocycles. The van der Waals surface area contributed by atoms with Gasteiger partial charge in [-0.05, 0) is 81.6 Å². The second kappa shape index (κ2) is 21.0. The van der Waals surface area contributed by atoms with Crippen LogP contribution in [0.15, 0.2) is 0 Å². The van der Waals surface area contributed by atoms with Crippen LogP contribution in [0.25, 0.3) is 0 Å². The number of unbranched alkanes of at least 4 members (excludes halogenated alkanes) is 11. The third kappa shape index (κ3) is 19.2. The van der Waals surface area contributed by atoms with Gasteiger partial charge in [0.25, 0.3) is 0 Å². The van der Waals surface area contributed by atoms with Crippen LogP contribution in [0.3, 0.4) is 0 Å². The van der Waals surface area contributed by atoms with E-state index in [4.69, 9.17) is 18.0 Å². The van der Waals surface area contributed by atoms with Crippen molar-refractivity contribution in [3.05, 3.63) is 0 Å². The maximum Gasteiger partial charge on any atom is 0.408 e. The summed E-state index contributed by atoms with van der Waals surface area (Å²) in [5.74, 6) is 0. The Bertz CT molecular complexity index is 942. The van der Waals surface area contributed by atoms with Gasteiger partial charge in [-0.1, -0.05) is 146 Å². The number of carbonyl (C=O) groups excluding carboxylic acids is 1. The third-order valence-electron chi connectivity index (χ3n) is 11.7. The largest absolute Gasteiger partial charge is 0.444 e. The highest BCUT2D eigenvalue weighted by Crippen LogP contribution is 2.42. The van der Waals surface area contributed by atoms with Crippen LogP contribution < -0.4 is 5.32 Å². The quantitative estimate of drug-likeness (QED) is 0.0830. The van der Waals surface area contributed by atoms with Crippen LogP contribution in [0, 0.1) is 0 Å². The van der Waals surface area contributed by atoms with E-state index in [0.717, 1.165) is 12.8 Å². The van der Waals surface area contributed by atoms with Gasteiger partial charge in [-0.25, -0.2) is 4.79 Å². The van der Waals surface area contributed by atoms with Crippen molar-refractivity contribution >= 4 is 31.0 Å². The van der Waals surface area contributed by atoms with Gasteiger partial charge in [0.1, 0.15) is 5.60 Å². The van der Waals surface area contributed by atoms with Crippen molar-refractivity contribution in [2.75, 3.05) is 6.61 Å². The SMILES string of the molecule is CCCCCCCCCCCCCC[C@@H](O[Si](C)(C)C(C)(C)C)[C@@H](O[Si](C)(C)C(C)(C)C)[C@H](CO[Si](C)(C)C(C)(C)C)NC(=O)OC(C)(C)C. The minimum Gasteiger partial charge on any atom is -0.444 e. The van der Waals surface area contributed by atoms with Gasteiger partial charge in [0.05, 0.1) is 24.9 Å². The topological polar surface area (TPSA) is 66.0 Å². The number of amides is 1. The molecule has 3 atom stereocenters. The van der Waals surface area contributed by atoms with Crippen molar-refractivity contribution in [2.24, 2.45) is 0 Å². The Hall–Kier alpha value is -0.199. The zero-order valence-corrected chi connectivity index (χ0v) is 40.2. The lowest BCUT2D eigenvalue weighted by Gasteiger charge is -2.48. The van der Waals surface area contributed by atoms with Crippen LogP contribution in [0.1, 0.15) is 173 Å². The number of alkyl carbamates (subject to hydrolysis) is 1. The number of hydrogen-bond acceptors (Lipinski definition) is 5. The van der Waals surface area contributed by atoms with Crippen molar-refractivity contribution in [3.8, 4) is 0 Å². The average molecular weight is 760 g/mol. The Morgan fingerprint density at radius 3 is 1.32 bits per heavy atom. The van der Waals surface area contributed by atoms with Gasteiger partial charge in [0, 0.05) is 0 Å². The lowest BCUT2D eigenvalue weighted by molar-refractivity contribution is -0.0108. The van der Waals surface area contributed by atoms with Crippen molar-refractivity contribution in [2.45, 2.75) is 252 Å². The first-order chi connectivity index (χ1) is 22.5. The average Bonchev–Trinajstić information content (AvgIpc) is 2.91. The lowest BCUT2D eigenvalue weighted by atomic mass is 9.99. The van der Waals surface area contributed by atoms with Crippen molar-refractivity contribution in [3.63, 3.8) is 0 Å². The fraction of sp³-hybridized carbons (Fsp3) is 0.976. The molecule has 0 aliphatic rings. The lowest BCUT2D eigenvalue weighted by Crippen LogP contribution is -2.61. The summed E-state index contributed by atoms with van der Waals surface area (Å²) in [4.78, 5) is 13.5. The second-order valence-electron chi connectivity index (χ2n) is 20.8. The Morgan fingerprint density at radius 2 is 0.940 bits per heavy atom. The monoisotopic (exact) mass is 760 g/mol. The molecule has 0 aliphatic carbocycles. The maximum atomic E-state index is 13.5. The Labute approximate surface area is 316 Å². The van der Waals surface area contributed by atoms with E-state index in [0.29, 0.717) is 6.61 Å². The van der Waals surface area contributed by atoms with E-state index < -0.39 is 42.7 Å². The van der Waals surface area contributed by atoms with Gasteiger partial charge in [-0.3, -0.25) is 0 Å². The molecule has 300 valence electrons. The van der Waals surface area contributed by atoms with Crippen LogP contribution in [0.5, 0.6) is 0 Å². The highest BCUT2D eigenvalue weighted by Gasteiger charge is 2.48. The molecule has 0 rings (SSSR count). The Balaban J connectivity index is 6.48. The van der Waals surface area contributed by atoms with E-state index in [1.165, 1.54) is 70.6 Å². The van der Waals surface area contributed by atoms with Crippen molar-refractivity contribution in [1.29, 1.82) is 0 Å². The number of hydrogen-bond donors (Lipinski definition) is 1. The number of ether oxygens (including phenoxy) is 1. The summed E-state index contributed by atoms with van der Waals surface area (Å²) < 4.78 is 27.6. The van der Waals surface area contributed by atoms with Gasteiger partial charge in [0.15, 0.2) is 25.0 Å². The van der Waals surface area contributed by atoms with E-state index in [1.54, 1.807) is 0 Å². The standard InChI is InChI=1S/C41H89NO5Si3/c1-20-21-22-23-24-25-26-27-28-29-30-31-32-35(46-49(16,17)40(8,9)10)36(47-50(18,19)41(11,12)13)34(42-37(43)45-38(2,3)4)33-44-48(14,15)39(5,6)7/h34-36H,20-33H2,1-19H3,(H,42,43)/t34-,35+,36-/m0/s1. The first kappa shape index (κ1) is 49.8. The third-order valence-corrected chi connectivity index (χ3v) is 25.2. The number of nitrogens with one attached hydrogen (secondary N) is 1. The summed E-state index contributed by atoms with van der Waals surface area (Å²) in [5.41, 5.74) is -0.614. The van der Waals surface area contributed by atoms with E-state index in [9.17, 15) is 4.79 Å². The molecule has 1 N–H and O–H groups in total. The van der Waals surface area contributed by atoms with E-state index in [-0.39, 0.29) is 27.3 Å². The molecular formula is C41H89NO5Si3. The van der Waals surface area contributed by atoms with Gasteiger partial charge >= 0.3 is 6.09 Å². The number of carbonyl (C=O) groups is 1. The van der Waals surface area contributed by atoms with Crippen molar-refractivity contribution in [1.82, 2.24) is 5.32 Å². The molecular weight excluding hydrogens is 671 g/mol. The summed E-state index contributed by atoms with van der Waals surface area (Å²) in [6.45, 7) is 42.8. The molecule has 0 unspecified atom stereocenters. The molecule has 0 bridgehead atoms. The molecule has 0 aromatic rings. The van der Waals surface area contributed by atoms with Gasteiger partial charge in [-0.15, -0.1) is 0 Å². The molecule has 0 spiro atoms. The predicted octanol–water partition coefficient (Wildman–Crippen LogP) is 13.8. The van der Waals surface area contributed by atoms with Crippen LogP contribution in [0.2, 0.25) is 54.4 Å². The molecule has 0 aromatic carbocycles. The Kier molecular flexibility index (Phi) is 21.0. The first-order valence-electron chi connectivity index (χ1n) is 20.5. The molecule has 0 aliphatic heterocycles. The smallest absolute Gasteiger partial charge is 0.408 e. The van der Waals surface area contributed by atoms with Crippen LogP contribution in [0.4, 0.5) is 4.79 Å². The molecule has 0 fully saturated rings. The maximum absolute atomic E-state index is 13.5. The molecule has 0 heterocycles. The molecule has 50 heavy (non-hydrogen) atoms. The second-order valence-corrected chi connectivity index (χ2v) is 35.1. The van der Waals surface area contributed by atoms with Gasteiger partial charge < -0.3 is 23.3 Å². The molecule has 0 aromatic heterocycles. The van der Waals surface area contributed by atoms with Gasteiger partial charge in [0.2, 0.25) is 0 Å². The van der Waals surface area contributed by atoms with Crippen molar-refractivity contribution < 1.29 is 22.8 Å². The first-order valence-corrected chi connectivity index (χ1v) is 29.2. The van der Waals surface area contributed by atoms with E-state index in [1.807, 2.05) is 20.8 Å². The predicted molar refractivity (Wildman–Crippen MR) is 226 cm³/mol. The zero-order valence-electron chi connectivity index (χ0n) is 37.2. The molecule has 0 radical (unpaired) electrons. The Morgan fingerprint density at radius 1 is 0.560 bits per heavy atom. The number of rotatable bonds is 23. The summed E-state index contributed by atoms with van der Waals surface area (Å²) in [6.07, 6.45) is 15.7. The summed E-state index contributed by atoms with van der Waals surface area (Å²) in [7, 11) is -6.66. The minimum atomic E-state index is -2.31. The van der Waals surface area contributed by atoms with E-state index in [2.05, 4.69) is 114 Å². The summed E-state index contributed by atoms with van der Waals surface area (Å²) >= 11 is 0. The molecule has 0 saturated carbocycles. The highest BCUT2D eigenvalue weighted by atomic mass is 28.4.